The number of nitrogens with one attached hydrogen (secondary N) is 4. The summed E-state index contributed by atoms with van der Waals surface area (Å²) in [6, 6.07) is 19.5. The lowest BCUT2D eigenvalue weighted by Gasteiger charge is -2.08. The molecule has 0 bridgehead atoms. The molecule has 0 spiro atoms. The lowest BCUT2D eigenvalue weighted by atomic mass is 10.2. The van der Waals surface area contributed by atoms with Crippen LogP contribution in [0.25, 0.3) is 0 Å². The molecule has 0 saturated heterocycles. The number of amides is 4. The van der Waals surface area contributed by atoms with Crippen LogP contribution in [0.2, 0.25) is 0 Å². The van der Waals surface area contributed by atoms with Crippen molar-refractivity contribution in [2.45, 2.75) is 26.3 Å². The van der Waals surface area contributed by atoms with E-state index < -0.39 is 0 Å². The smallest absolute Gasteiger partial charge is 0.324 e. The van der Waals surface area contributed by atoms with Gasteiger partial charge >= 0.3 is 6.03 Å². The van der Waals surface area contributed by atoms with Crippen LogP contribution in [0.1, 0.15) is 35.0 Å². The first-order valence-electron chi connectivity index (χ1n) is 9.93. The van der Waals surface area contributed by atoms with Crippen molar-refractivity contribution < 1.29 is 14.4 Å². The van der Waals surface area contributed by atoms with Crippen molar-refractivity contribution in [3.63, 3.8) is 0 Å². The van der Waals surface area contributed by atoms with E-state index in [1.54, 1.807) is 24.3 Å². The molecular formula is C23H24N4O3S. The van der Waals surface area contributed by atoms with Crippen LogP contribution in [0.5, 0.6) is 0 Å². The quantitative estimate of drug-likeness (QED) is 0.397. The number of anilines is 3. The van der Waals surface area contributed by atoms with Gasteiger partial charge in [-0.1, -0.05) is 37.3 Å². The summed E-state index contributed by atoms with van der Waals surface area (Å²) in [6.07, 6.45) is 1.26. The van der Waals surface area contributed by atoms with Gasteiger partial charge in [0.25, 0.3) is 5.91 Å². The van der Waals surface area contributed by atoms with Crippen LogP contribution in [-0.2, 0) is 11.3 Å². The molecule has 0 aliphatic carbocycles. The second-order valence-corrected chi connectivity index (χ2v) is 7.87. The summed E-state index contributed by atoms with van der Waals surface area (Å²) in [7, 11) is 0. The monoisotopic (exact) mass is 436 g/mol. The van der Waals surface area contributed by atoms with E-state index in [0.717, 1.165) is 12.0 Å². The molecule has 0 atom stereocenters. The van der Waals surface area contributed by atoms with Gasteiger partial charge in [0, 0.05) is 24.3 Å². The maximum atomic E-state index is 12.5. The fourth-order valence-corrected chi connectivity index (χ4v) is 3.62. The third-order valence-electron chi connectivity index (χ3n) is 4.24. The Morgan fingerprint density at radius 1 is 0.839 bits per heavy atom. The van der Waals surface area contributed by atoms with E-state index in [-0.39, 0.29) is 17.8 Å². The second kappa shape index (κ2) is 10.9. The van der Waals surface area contributed by atoms with Gasteiger partial charge in [-0.25, -0.2) is 4.79 Å². The zero-order chi connectivity index (χ0) is 22.1. The normalized spacial score (nSPS) is 10.2. The molecule has 4 amide bonds. The molecule has 0 fully saturated rings. The first kappa shape index (κ1) is 22.0. The minimum absolute atomic E-state index is 0.0291. The van der Waals surface area contributed by atoms with E-state index >= 15 is 0 Å². The number of para-hydroxylation sites is 1. The number of benzene rings is 2. The maximum absolute atomic E-state index is 12.5. The topological polar surface area (TPSA) is 99.3 Å². The van der Waals surface area contributed by atoms with Crippen LogP contribution in [0.4, 0.5) is 21.2 Å². The molecule has 3 rings (SSSR count). The zero-order valence-electron chi connectivity index (χ0n) is 17.1. The molecule has 0 radical (unpaired) electrons. The predicted octanol–water partition coefficient (Wildman–Crippen LogP) is 5.06. The molecule has 0 unspecified atom stereocenters. The molecule has 2 aromatic carbocycles. The van der Waals surface area contributed by atoms with Crippen LogP contribution in [0, 0.1) is 0 Å². The third kappa shape index (κ3) is 6.97. The van der Waals surface area contributed by atoms with E-state index in [4.69, 9.17) is 0 Å². The van der Waals surface area contributed by atoms with Gasteiger partial charge in [-0.2, -0.15) is 0 Å². The first-order chi connectivity index (χ1) is 15.0. The highest BCUT2D eigenvalue weighted by atomic mass is 32.1. The summed E-state index contributed by atoms with van der Waals surface area (Å²) in [5, 5.41) is 11.7. The number of carbonyl (C=O) groups is 3. The molecular weight excluding hydrogens is 412 g/mol. The Labute approximate surface area is 184 Å². The molecule has 31 heavy (non-hydrogen) atoms. The lowest BCUT2D eigenvalue weighted by Crippen LogP contribution is -2.22. The van der Waals surface area contributed by atoms with Crippen molar-refractivity contribution in [2.24, 2.45) is 0 Å². The Balaban J connectivity index is 1.51. The van der Waals surface area contributed by atoms with Crippen LogP contribution >= 0.6 is 11.3 Å². The third-order valence-corrected chi connectivity index (χ3v) is 5.24. The maximum Gasteiger partial charge on any atom is 0.324 e. The fraction of sp³-hybridized carbons (Fsp3) is 0.174. The highest BCUT2D eigenvalue weighted by Gasteiger charge is 2.11. The minimum Gasteiger partial charge on any atom is -0.347 e. The SMILES string of the molecule is CCCC(=O)Nc1cccc(CNC(=O)c2ccc(NC(=O)Nc3ccccc3)s2)c1. The van der Waals surface area contributed by atoms with Crippen LogP contribution in [0.15, 0.2) is 66.7 Å². The standard InChI is InChI=1S/C23H24N4O3S/c1-2-7-20(28)25-18-11-6-8-16(14-18)15-24-22(29)19-12-13-21(31-19)27-23(30)26-17-9-4-3-5-10-17/h3-6,8-14H,2,7,15H2,1H3,(H,24,29)(H,25,28)(H2,26,27,30). The van der Waals surface area contributed by atoms with Crippen LogP contribution < -0.4 is 21.3 Å². The Morgan fingerprint density at radius 2 is 1.61 bits per heavy atom. The highest BCUT2D eigenvalue weighted by Crippen LogP contribution is 2.22. The van der Waals surface area contributed by atoms with Crippen molar-refractivity contribution >= 4 is 45.6 Å². The number of hydrogen-bond donors (Lipinski definition) is 4. The van der Waals surface area contributed by atoms with E-state index in [2.05, 4.69) is 21.3 Å². The van der Waals surface area contributed by atoms with Gasteiger partial charge in [0.2, 0.25) is 5.91 Å². The lowest BCUT2D eigenvalue weighted by molar-refractivity contribution is -0.116. The number of hydrogen-bond acceptors (Lipinski definition) is 4. The number of carbonyl (C=O) groups excluding carboxylic acids is 3. The second-order valence-electron chi connectivity index (χ2n) is 6.79. The van der Waals surface area contributed by atoms with Gasteiger partial charge in [0.1, 0.15) is 0 Å². The number of rotatable bonds is 8. The molecule has 4 N–H and O–H groups in total. The Kier molecular flexibility index (Phi) is 7.78. The molecule has 0 aliphatic heterocycles. The summed E-state index contributed by atoms with van der Waals surface area (Å²) in [5.74, 6) is -0.263. The van der Waals surface area contributed by atoms with Crippen molar-refractivity contribution in [3.8, 4) is 0 Å². The van der Waals surface area contributed by atoms with Gasteiger partial charge < -0.3 is 16.0 Å². The molecule has 1 heterocycles. The summed E-state index contributed by atoms with van der Waals surface area (Å²) in [5.41, 5.74) is 2.26. The van der Waals surface area contributed by atoms with Gasteiger partial charge in [0.15, 0.2) is 0 Å². The van der Waals surface area contributed by atoms with Crippen LogP contribution in [0.3, 0.4) is 0 Å². The van der Waals surface area contributed by atoms with E-state index in [9.17, 15) is 14.4 Å². The molecule has 3 aromatic rings. The Hall–Kier alpha value is -3.65. The molecule has 0 aliphatic rings. The first-order valence-corrected chi connectivity index (χ1v) is 10.7. The van der Waals surface area contributed by atoms with Gasteiger partial charge in [-0.3, -0.25) is 14.9 Å². The number of urea groups is 1. The fourth-order valence-electron chi connectivity index (χ4n) is 2.80. The number of thiophene rings is 1. The molecule has 160 valence electrons. The van der Waals surface area contributed by atoms with Gasteiger partial charge in [-0.15, -0.1) is 11.3 Å². The average molecular weight is 437 g/mol. The Morgan fingerprint density at radius 3 is 2.39 bits per heavy atom. The molecule has 7 nitrogen and oxygen atoms in total. The van der Waals surface area contributed by atoms with Crippen molar-refractivity contribution in [1.82, 2.24) is 5.32 Å². The Bertz CT molecular complexity index is 1050. The van der Waals surface area contributed by atoms with Crippen molar-refractivity contribution in [1.29, 1.82) is 0 Å². The predicted molar refractivity (Wildman–Crippen MR) is 125 cm³/mol. The van der Waals surface area contributed by atoms with E-state index in [1.165, 1.54) is 11.3 Å². The summed E-state index contributed by atoms with van der Waals surface area (Å²) in [4.78, 5) is 36.8. The van der Waals surface area contributed by atoms with E-state index in [1.807, 2.05) is 49.4 Å². The molecule has 8 heteroatoms. The minimum atomic E-state index is -0.373. The van der Waals surface area contributed by atoms with Gasteiger partial charge in [0.05, 0.1) is 9.88 Å². The largest absolute Gasteiger partial charge is 0.347 e. The van der Waals surface area contributed by atoms with Crippen molar-refractivity contribution in [2.75, 3.05) is 16.0 Å². The zero-order valence-corrected chi connectivity index (χ0v) is 17.9. The summed E-state index contributed by atoms with van der Waals surface area (Å²) >= 11 is 1.19. The van der Waals surface area contributed by atoms with Gasteiger partial charge in [-0.05, 0) is 48.4 Å². The van der Waals surface area contributed by atoms with E-state index in [0.29, 0.717) is 34.2 Å². The average Bonchev–Trinajstić information content (AvgIpc) is 3.21. The summed E-state index contributed by atoms with van der Waals surface area (Å²) < 4.78 is 0. The summed E-state index contributed by atoms with van der Waals surface area (Å²) in [6.45, 7) is 2.28. The van der Waals surface area contributed by atoms with Crippen molar-refractivity contribution in [3.05, 3.63) is 77.2 Å². The molecule has 1 aromatic heterocycles. The molecule has 0 saturated carbocycles. The highest BCUT2D eigenvalue weighted by molar-refractivity contribution is 7.18. The van der Waals surface area contributed by atoms with Crippen LogP contribution in [-0.4, -0.2) is 17.8 Å².